The lowest BCUT2D eigenvalue weighted by atomic mass is 9.98. The summed E-state index contributed by atoms with van der Waals surface area (Å²) in [5.41, 5.74) is 1.96. The standard InChI is InChI=1S/C24H32ClN5O2S/c1-18-8-13-28(14-9-18)23-21-17-30(33(31,32)20-7-5-6-19(25)16-20)15-10-22(21)26-24(27-23)29-11-3-2-4-12-29/h5-7,16,18H,2-4,8-15,17H2,1H3. The SMILES string of the molecule is CC1CCN(c2nc(N3CCCCC3)nc3c2CN(S(=O)(=O)c2cccc(Cl)c2)CC3)CC1. The van der Waals surface area contributed by atoms with Crippen molar-refractivity contribution in [2.75, 3.05) is 42.5 Å². The number of sulfonamides is 1. The summed E-state index contributed by atoms with van der Waals surface area (Å²) >= 11 is 6.09. The van der Waals surface area contributed by atoms with E-state index >= 15 is 0 Å². The number of halogens is 1. The molecule has 0 N–H and O–H groups in total. The molecule has 0 unspecified atom stereocenters. The first kappa shape index (κ1) is 22.9. The van der Waals surface area contributed by atoms with Crippen molar-refractivity contribution >= 4 is 33.4 Å². The average molecular weight is 490 g/mol. The number of piperidine rings is 2. The van der Waals surface area contributed by atoms with Crippen LogP contribution in [-0.4, -0.2) is 55.4 Å². The van der Waals surface area contributed by atoms with Gasteiger partial charge in [0.15, 0.2) is 0 Å². The molecule has 5 rings (SSSR count). The van der Waals surface area contributed by atoms with Crippen LogP contribution in [0.1, 0.15) is 50.3 Å². The molecule has 0 spiro atoms. The minimum Gasteiger partial charge on any atom is -0.356 e. The van der Waals surface area contributed by atoms with Crippen LogP contribution in [0.15, 0.2) is 29.2 Å². The molecule has 0 aliphatic carbocycles. The second-order valence-electron chi connectivity index (χ2n) is 9.54. The fraction of sp³-hybridized carbons (Fsp3) is 0.583. The first-order chi connectivity index (χ1) is 15.9. The van der Waals surface area contributed by atoms with Gasteiger partial charge in [-0.15, -0.1) is 0 Å². The number of rotatable bonds is 4. The number of aromatic nitrogens is 2. The Morgan fingerprint density at radius 1 is 0.970 bits per heavy atom. The Hall–Kier alpha value is -1.90. The fourth-order valence-corrected chi connectivity index (χ4v) is 6.77. The Balaban J connectivity index is 1.50. The minimum absolute atomic E-state index is 0.234. The van der Waals surface area contributed by atoms with E-state index in [1.807, 2.05) is 0 Å². The van der Waals surface area contributed by atoms with Crippen molar-refractivity contribution in [2.45, 2.75) is 56.9 Å². The minimum atomic E-state index is -3.65. The van der Waals surface area contributed by atoms with Gasteiger partial charge in [0.2, 0.25) is 16.0 Å². The van der Waals surface area contributed by atoms with Crippen LogP contribution in [0.5, 0.6) is 0 Å². The van der Waals surface area contributed by atoms with Crippen molar-refractivity contribution in [1.82, 2.24) is 14.3 Å². The average Bonchev–Trinajstić information content (AvgIpc) is 2.84. The van der Waals surface area contributed by atoms with Crippen LogP contribution in [-0.2, 0) is 23.0 Å². The first-order valence-corrected chi connectivity index (χ1v) is 13.9. The Morgan fingerprint density at radius 2 is 1.73 bits per heavy atom. The zero-order valence-electron chi connectivity index (χ0n) is 19.2. The third-order valence-corrected chi connectivity index (χ3v) is 9.22. The van der Waals surface area contributed by atoms with Gasteiger partial charge in [0, 0.05) is 56.3 Å². The molecule has 9 heteroatoms. The Morgan fingerprint density at radius 3 is 2.45 bits per heavy atom. The molecule has 0 saturated carbocycles. The topological polar surface area (TPSA) is 69.6 Å². The molecule has 0 atom stereocenters. The van der Waals surface area contributed by atoms with E-state index in [4.69, 9.17) is 21.6 Å². The lowest BCUT2D eigenvalue weighted by molar-refractivity contribution is 0.384. The van der Waals surface area contributed by atoms with Crippen LogP contribution in [0.4, 0.5) is 11.8 Å². The van der Waals surface area contributed by atoms with Crippen molar-refractivity contribution in [3.63, 3.8) is 0 Å². The summed E-state index contributed by atoms with van der Waals surface area (Å²) in [7, 11) is -3.65. The highest BCUT2D eigenvalue weighted by molar-refractivity contribution is 7.89. The molecule has 3 aliphatic rings. The largest absolute Gasteiger partial charge is 0.356 e. The predicted molar refractivity (Wildman–Crippen MR) is 131 cm³/mol. The number of hydrogen-bond acceptors (Lipinski definition) is 6. The summed E-state index contributed by atoms with van der Waals surface area (Å²) in [6, 6.07) is 6.51. The molecule has 178 valence electrons. The predicted octanol–water partition coefficient (Wildman–Crippen LogP) is 4.10. The second kappa shape index (κ2) is 9.39. The van der Waals surface area contributed by atoms with Gasteiger partial charge in [-0.3, -0.25) is 0 Å². The van der Waals surface area contributed by atoms with Crippen LogP contribution < -0.4 is 9.80 Å². The van der Waals surface area contributed by atoms with Gasteiger partial charge >= 0.3 is 0 Å². The Labute approximate surface area is 201 Å². The van der Waals surface area contributed by atoms with Gasteiger partial charge in [-0.1, -0.05) is 24.6 Å². The molecule has 7 nitrogen and oxygen atoms in total. The van der Waals surface area contributed by atoms with Gasteiger partial charge in [-0.25, -0.2) is 13.4 Å². The van der Waals surface area contributed by atoms with E-state index in [9.17, 15) is 8.42 Å². The van der Waals surface area contributed by atoms with E-state index in [-0.39, 0.29) is 4.90 Å². The highest BCUT2D eigenvalue weighted by atomic mass is 35.5. The Bertz CT molecular complexity index is 1110. The molecule has 33 heavy (non-hydrogen) atoms. The van der Waals surface area contributed by atoms with Gasteiger partial charge in [0.05, 0.1) is 10.6 Å². The zero-order chi connectivity index (χ0) is 23.0. The molecule has 2 fully saturated rings. The van der Waals surface area contributed by atoms with Crippen LogP contribution in [0, 0.1) is 5.92 Å². The number of anilines is 2. The molecule has 1 aromatic carbocycles. The maximum atomic E-state index is 13.4. The van der Waals surface area contributed by atoms with Crippen molar-refractivity contribution in [2.24, 2.45) is 5.92 Å². The molecular formula is C24H32ClN5O2S. The Kier molecular flexibility index (Phi) is 6.51. The van der Waals surface area contributed by atoms with Gasteiger partial charge in [-0.2, -0.15) is 9.29 Å². The van der Waals surface area contributed by atoms with E-state index in [0.717, 1.165) is 62.0 Å². The van der Waals surface area contributed by atoms with Crippen molar-refractivity contribution in [3.05, 3.63) is 40.5 Å². The third-order valence-electron chi connectivity index (χ3n) is 7.15. The molecule has 4 heterocycles. The monoisotopic (exact) mass is 489 g/mol. The van der Waals surface area contributed by atoms with Crippen molar-refractivity contribution in [1.29, 1.82) is 0 Å². The fourth-order valence-electron chi connectivity index (χ4n) is 5.06. The molecule has 0 amide bonds. The summed E-state index contributed by atoms with van der Waals surface area (Å²) in [5.74, 6) is 2.45. The molecular weight excluding hydrogens is 458 g/mol. The maximum Gasteiger partial charge on any atom is 0.243 e. The smallest absolute Gasteiger partial charge is 0.243 e. The number of nitrogens with zero attached hydrogens (tertiary/aromatic N) is 5. The van der Waals surface area contributed by atoms with Crippen LogP contribution in [0.3, 0.4) is 0 Å². The van der Waals surface area contributed by atoms with Crippen LogP contribution in [0.2, 0.25) is 5.02 Å². The summed E-state index contributed by atoms with van der Waals surface area (Å²) in [6.45, 7) is 6.89. The van der Waals surface area contributed by atoms with E-state index in [1.165, 1.54) is 25.3 Å². The molecule has 2 saturated heterocycles. The number of fused-ring (bicyclic) bond motifs is 1. The summed E-state index contributed by atoms with van der Waals surface area (Å²) in [5, 5.41) is 0.422. The first-order valence-electron chi connectivity index (χ1n) is 12.1. The third kappa shape index (κ3) is 4.70. The van der Waals surface area contributed by atoms with Gasteiger partial charge in [0.1, 0.15) is 5.82 Å². The summed E-state index contributed by atoms with van der Waals surface area (Å²) in [4.78, 5) is 14.9. The van der Waals surface area contributed by atoms with Crippen LogP contribution >= 0.6 is 11.6 Å². The van der Waals surface area contributed by atoms with E-state index in [2.05, 4.69) is 16.7 Å². The molecule has 3 aliphatic heterocycles. The highest BCUT2D eigenvalue weighted by Gasteiger charge is 2.33. The summed E-state index contributed by atoms with van der Waals surface area (Å²) < 4.78 is 28.4. The molecule has 0 radical (unpaired) electrons. The summed E-state index contributed by atoms with van der Waals surface area (Å²) in [6.07, 6.45) is 6.44. The lowest BCUT2D eigenvalue weighted by Gasteiger charge is -2.37. The van der Waals surface area contributed by atoms with Gasteiger partial charge in [0.25, 0.3) is 0 Å². The lowest BCUT2D eigenvalue weighted by Crippen LogP contribution is -2.40. The highest BCUT2D eigenvalue weighted by Crippen LogP contribution is 2.34. The van der Waals surface area contributed by atoms with Crippen molar-refractivity contribution < 1.29 is 8.42 Å². The normalized spacial score (nSPS) is 20.7. The zero-order valence-corrected chi connectivity index (χ0v) is 20.8. The van der Waals surface area contributed by atoms with E-state index in [0.29, 0.717) is 30.5 Å². The molecule has 1 aromatic heterocycles. The van der Waals surface area contributed by atoms with Gasteiger partial charge < -0.3 is 9.80 Å². The second-order valence-corrected chi connectivity index (χ2v) is 11.9. The number of benzene rings is 1. The van der Waals surface area contributed by atoms with E-state index < -0.39 is 10.0 Å². The van der Waals surface area contributed by atoms with Gasteiger partial charge in [-0.05, 0) is 56.2 Å². The van der Waals surface area contributed by atoms with Crippen LogP contribution in [0.25, 0.3) is 0 Å². The molecule has 2 aromatic rings. The maximum absolute atomic E-state index is 13.4. The molecule has 0 bridgehead atoms. The van der Waals surface area contributed by atoms with Crippen molar-refractivity contribution in [3.8, 4) is 0 Å². The van der Waals surface area contributed by atoms with E-state index in [1.54, 1.807) is 22.5 Å². The number of hydrogen-bond donors (Lipinski definition) is 0. The quantitative estimate of drug-likeness (QED) is 0.643.